The number of pyridine rings is 1. The van der Waals surface area contributed by atoms with Gasteiger partial charge in [0.05, 0.1) is 11.1 Å². The molecule has 0 aliphatic carbocycles. The summed E-state index contributed by atoms with van der Waals surface area (Å²) in [7, 11) is -4.04. The Bertz CT molecular complexity index is 616. The first-order valence-electron chi connectivity index (χ1n) is 5.12. The van der Waals surface area contributed by atoms with E-state index in [1.165, 1.54) is 0 Å². The van der Waals surface area contributed by atoms with Gasteiger partial charge in [0.15, 0.2) is 6.20 Å². The first kappa shape index (κ1) is 14.8. The van der Waals surface area contributed by atoms with Crippen molar-refractivity contribution in [1.82, 2.24) is 0 Å². The first-order valence-corrected chi connectivity index (χ1v) is 5.12. The van der Waals surface area contributed by atoms with Gasteiger partial charge in [-0.15, -0.1) is 0 Å². The number of aromatic nitrogens is 1. The topological polar surface area (TPSA) is 52.6 Å². The Morgan fingerprint density at radius 3 is 2.32 bits per heavy atom. The van der Waals surface area contributed by atoms with E-state index in [0.29, 0.717) is 5.69 Å². The summed E-state index contributed by atoms with van der Waals surface area (Å²) < 4.78 is 41.0. The van der Waals surface area contributed by atoms with Crippen LogP contribution in [-0.4, -0.2) is 7.25 Å². The highest BCUT2D eigenvalue weighted by Gasteiger charge is 2.20. The lowest BCUT2D eigenvalue weighted by atomic mass is 10.2. The van der Waals surface area contributed by atoms with Crippen molar-refractivity contribution in [2.45, 2.75) is 0 Å². The van der Waals surface area contributed by atoms with Crippen LogP contribution in [-0.2, 0) is 7.05 Å². The minimum Gasteiger partial charge on any atom is -0.418 e. The molecule has 0 aliphatic heterocycles. The van der Waals surface area contributed by atoms with Gasteiger partial charge in [-0.3, -0.25) is 0 Å². The summed E-state index contributed by atoms with van der Waals surface area (Å²) in [6, 6.07) is 9.63. The summed E-state index contributed by atoms with van der Waals surface area (Å²) in [5, 5.41) is 4.61. The van der Waals surface area contributed by atoms with E-state index in [-0.39, 0.29) is 0 Å². The maximum atomic E-state index is 9.75. The minimum absolute atomic E-state index is 0.668. The fraction of sp³-hybridized carbons (Fsp3) is 0.100. The molecule has 0 aliphatic rings. The number of rotatable bonds is 1. The highest BCUT2D eigenvalue weighted by Crippen LogP contribution is 2.22. The van der Waals surface area contributed by atoms with Crippen LogP contribution in [0.2, 0.25) is 0 Å². The Labute approximate surface area is 106 Å². The summed E-state index contributed by atoms with van der Waals surface area (Å²) >= 11 is 0. The molecule has 2 aromatic rings. The number of halogens is 4. The Balaban J connectivity index is 0.000000312. The van der Waals surface area contributed by atoms with E-state index >= 15 is 0 Å². The standard InChI is InChI=1S/C10H9N4.BF4/c1-14-7-6-9(12-13-11)8-4-2-3-5-10(8)14;2-1(3,4)5/h2-7H,1H3;/q+1;-1. The Kier molecular flexibility index (Phi) is 4.71. The van der Waals surface area contributed by atoms with Gasteiger partial charge in [-0.2, -0.15) is 0 Å². The van der Waals surface area contributed by atoms with Crippen molar-refractivity contribution < 1.29 is 21.8 Å². The van der Waals surface area contributed by atoms with E-state index in [0.717, 1.165) is 10.9 Å². The van der Waals surface area contributed by atoms with Crippen molar-refractivity contribution in [2.75, 3.05) is 0 Å². The Morgan fingerprint density at radius 2 is 1.74 bits per heavy atom. The third-order valence-electron chi connectivity index (χ3n) is 2.17. The molecule has 1 aromatic heterocycles. The molecule has 9 heteroatoms. The summed E-state index contributed by atoms with van der Waals surface area (Å²) in [6.45, 7) is 0. The summed E-state index contributed by atoms with van der Waals surface area (Å²) in [5.74, 6) is 0. The predicted molar refractivity (Wildman–Crippen MR) is 64.1 cm³/mol. The maximum absolute atomic E-state index is 9.75. The monoisotopic (exact) mass is 272 g/mol. The zero-order valence-electron chi connectivity index (χ0n) is 9.84. The zero-order chi connectivity index (χ0) is 14.5. The number of hydrogen-bond donors (Lipinski definition) is 0. The van der Waals surface area contributed by atoms with Crippen molar-refractivity contribution in [3.8, 4) is 0 Å². The average molecular weight is 272 g/mol. The van der Waals surface area contributed by atoms with Gasteiger partial charge >= 0.3 is 7.25 Å². The van der Waals surface area contributed by atoms with Gasteiger partial charge in [0, 0.05) is 17.0 Å². The van der Waals surface area contributed by atoms with E-state index in [4.69, 9.17) is 5.53 Å². The Morgan fingerprint density at radius 1 is 1.16 bits per heavy atom. The highest BCUT2D eigenvalue weighted by molar-refractivity contribution is 6.50. The van der Waals surface area contributed by atoms with Gasteiger partial charge in [0.1, 0.15) is 7.05 Å². The molecule has 0 atom stereocenters. The number of fused-ring (bicyclic) bond motifs is 1. The van der Waals surface area contributed by atoms with Gasteiger partial charge in [0.2, 0.25) is 5.52 Å². The second-order valence-electron chi connectivity index (χ2n) is 3.51. The predicted octanol–water partition coefficient (Wildman–Crippen LogP) is 3.91. The molecule has 1 aromatic carbocycles. The largest absolute Gasteiger partial charge is 0.673 e. The third kappa shape index (κ3) is 4.85. The Hall–Kier alpha value is -2.28. The van der Waals surface area contributed by atoms with E-state index < -0.39 is 7.25 Å². The maximum Gasteiger partial charge on any atom is 0.673 e. The van der Waals surface area contributed by atoms with Gasteiger partial charge in [0.25, 0.3) is 0 Å². The number of azide groups is 1. The van der Waals surface area contributed by atoms with Crippen LogP contribution in [0.3, 0.4) is 0 Å². The summed E-state index contributed by atoms with van der Waals surface area (Å²) in [5.41, 5.74) is 10.1. The number of aryl methyl sites for hydroxylation is 1. The number of para-hydroxylation sites is 1. The number of hydrogen-bond acceptors (Lipinski definition) is 1. The highest BCUT2D eigenvalue weighted by atomic mass is 19.5. The van der Waals surface area contributed by atoms with Crippen LogP contribution in [0.1, 0.15) is 0 Å². The van der Waals surface area contributed by atoms with E-state index in [2.05, 4.69) is 10.0 Å². The molecule has 2 rings (SSSR count). The molecule has 19 heavy (non-hydrogen) atoms. The van der Waals surface area contributed by atoms with Crippen LogP contribution in [0.15, 0.2) is 41.6 Å². The fourth-order valence-electron chi connectivity index (χ4n) is 1.49. The van der Waals surface area contributed by atoms with Gasteiger partial charge < -0.3 is 17.3 Å². The molecule has 0 amide bonds. The molecule has 100 valence electrons. The first-order chi connectivity index (χ1) is 8.83. The molecular formula is C10H9BF4N4. The minimum atomic E-state index is -6.00. The molecular weight excluding hydrogens is 263 g/mol. The second kappa shape index (κ2) is 6.06. The van der Waals surface area contributed by atoms with E-state index in [1.807, 2.05) is 48.1 Å². The lowest BCUT2D eigenvalue weighted by Gasteiger charge is -1.98. The fourth-order valence-corrected chi connectivity index (χ4v) is 1.49. The molecule has 0 bridgehead atoms. The van der Waals surface area contributed by atoms with Crippen LogP contribution >= 0.6 is 0 Å². The van der Waals surface area contributed by atoms with Crippen molar-refractivity contribution in [3.63, 3.8) is 0 Å². The second-order valence-corrected chi connectivity index (χ2v) is 3.51. The lowest BCUT2D eigenvalue weighted by Crippen LogP contribution is -2.27. The molecule has 0 spiro atoms. The summed E-state index contributed by atoms with van der Waals surface area (Å²) in [4.78, 5) is 2.80. The van der Waals surface area contributed by atoms with Crippen molar-refractivity contribution in [1.29, 1.82) is 0 Å². The summed E-state index contributed by atoms with van der Waals surface area (Å²) in [6.07, 6.45) is 1.88. The zero-order valence-corrected chi connectivity index (χ0v) is 9.84. The smallest absolute Gasteiger partial charge is 0.418 e. The molecule has 0 radical (unpaired) electrons. The average Bonchev–Trinajstić information content (AvgIpc) is 2.31. The van der Waals surface area contributed by atoms with Crippen LogP contribution in [0, 0.1) is 0 Å². The van der Waals surface area contributed by atoms with Gasteiger partial charge in [-0.1, -0.05) is 17.2 Å². The van der Waals surface area contributed by atoms with Gasteiger partial charge in [-0.25, -0.2) is 4.57 Å². The van der Waals surface area contributed by atoms with Crippen molar-refractivity contribution in [3.05, 3.63) is 47.0 Å². The number of nitrogens with zero attached hydrogens (tertiary/aromatic N) is 4. The van der Waals surface area contributed by atoms with Crippen LogP contribution in [0.4, 0.5) is 23.0 Å². The quantitative estimate of drug-likeness (QED) is 0.189. The van der Waals surface area contributed by atoms with Crippen LogP contribution < -0.4 is 4.57 Å². The molecule has 0 N–H and O–H groups in total. The normalized spacial score (nSPS) is 10.4. The van der Waals surface area contributed by atoms with Crippen molar-refractivity contribution in [2.24, 2.45) is 12.2 Å². The lowest BCUT2D eigenvalue weighted by molar-refractivity contribution is -0.644. The molecule has 0 saturated carbocycles. The molecule has 4 nitrogen and oxygen atoms in total. The molecule has 0 fully saturated rings. The van der Waals surface area contributed by atoms with E-state index in [9.17, 15) is 17.3 Å². The molecule has 1 heterocycles. The van der Waals surface area contributed by atoms with Crippen LogP contribution in [0.5, 0.6) is 0 Å². The third-order valence-corrected chi connectivity index (χ3v) is 2.17. The number of benzene rings is 1. The van der Waals surface area contributed by atoms with Gasteiger partial charge in [-0.05, 0) is 11.6 Å². The van der Waals surface area contributed by atoms with Crippen LogP contribution in [0.25, 0.3) is 21.3 Å². The van der Waals surface area contributed by atoms with E-state index in [1.54, 1.807) is 0 Å². The SMILES string of the molecule is C[n+]1ccc(N=[N+]=[N-])c2ccccc21.F[B-](F)(F)F. The molecule has 0 unspecified atom stereocenters. The molecule has 0 saturated heterocycles. The van der Waals surface area contributed by atoms with Crippen molar-refractivity contribution >= 4 is 23.8 Å².